The molecule has 5 nitrogen and oxygen atoms in total. The minimum absolute atomic E-state index is 0. The molecule has 1 atom stereocenters. The van der Waals surface area contributed by atoms with E-state index in [9.17, 15) is 13.0 Å². The maximum Gasteiger partial charge on any atom is 1.00 e. The van der Waals surface area contributed by atoms with Gasteiger partial charge in [-0.1, -0.05) is 33.1 Å². The second kappa shape index (κ2) is 13.8. The van der Waals surface area contributed by atoms with Crippen LogP contribution in [0.15, 0.2) is 0 Å². The van der Waals surface area contributed by atoms with E-state index in [0.717, 1.165) is 13.0 Å². The van der Waals surface area contributed by atoms with Gasteiger partial charge in [0.25, 0.3) is 0 Å². The number of unbranched alkanes of at least 4 members (excludes halogenated alkanes) is 1. The molecule has 7 heteroatoms. The summed E-state index contributed by atoms with van der Waals surface area (Å²) >= 11 is 0. The summed E-state index contributed by atoms with van der Waals surface area (Å²) in [4.78, 5) is 0. The summed E-state index contributed by atoms with van der Waals surface area (Å²) in [6, 6.07) is 0. The number of hydrogen-bond donors (Lipinski definition) is 0. The van der Waals surface area contributed by atoms with Crippen LogP contribution >= 0.6 is 0 Å². The SMILES string of the molecule is CCCCC(CC)COCCOCCS(=O)(=O)[O-].[Na+]. The van der Waals surface area contributed by atoms with Gasteiger partial charge in [0.05, 0.1) is 35.7 Å². The predicted octanol–water partition coefficient (Wildman–Crippen LogP) is -1.21. The zero-order valence-corrected chi connectivity index (χ0v) is 15.2. The van der Waals surface area contributed by atoms with Gasteiger partial charge in [-0.3, -0.25) is 0 Å². The summed E-state index contributed by atoms with van der Waals surface area (Å²) in [7, 11) is -4.16. The Labute approximate surface area is 139 Å². The van der Waals surface area contributed by atoms with Crippen molar-refractivity contribution in [2.24, 2.45) is 5.92 Å². The van der Waals surface area contributed by atoms with E-state index >= 15 is 0 Å². The molecule has 0 bridgehead atoms. The van der Waals surface area contributed by atoms with Crippen molar-refractivity contribution in [2.45, 2.75) is 39.5 Å². The number of hydrogen-bond acceptors (Lipinski definition) is 5. The van der Waals surface area contributed by atoms with Gasteiger partial charge in [-0.25, -0.2) is 8.42 Å². The zero-order valence-electron chi connectivity index (χ0n) is 12.4. The van der Waals surface area contributed by atoms with Gasteiger partial charge in [0.15, 0.2) is 0 Å². The normalized spacial score (nSPS) is 13.0. The van der Waals surface area contributed by atoms with Crippen LogP contribution in [0.2, 0.25) is 0 Å². The smallest absolute Gasteiger partial charge is 0.748 e. The molecule has 0 aromatic heterocycles. The fourth-order valence-electron chi connectivity index (χ4n) is 1.53. The van der Waals surface area contributed by atoms with E-state index < -0.39 is 15.9 Å². The van der Waals surface area contributed by atoms with Gasteiger partial charge in [0.2, 0.25) is 0 Å². The summed E-state index contributed by atoms with van der Waals surface area (Å²) in [6.07, 6.45) is 4.71. The van der Waals surface area contributed by atoms with E-state index in [2.05, 4.69) is 13.8 Å². The van der Waals surface area contributed by atoms with Crippen LogP contribution in [0.4, 0.5) is 0 Å². The molecule has 0 saturated carbocycles. The van der Waals surface area contributed by atoms with E-state index in [1.807, 2.05) is 0 Å². The molecule has 110 valence electrons. The first kappa shape index (κ1) is 22.1. The Hall–Kier alpha value is 0.830. The van der Waals surface area contributed by atoms with Gasteiger partial charge in [0, 0.05) is 6.61 Å². The fourth-order valence-corrected chi connectivity index (χ4v) is 1.85. The fraction of sp³-hybridized carbons (Fsp3) is 1.00. The molecule has 0 aliphatic rings. The Balaban J connectivity index is 0. The van der Waals surface area contributed by atoms with Crippen molar-refractivity contribution in [3.8, 4) is 0 Å². The molecule has 0 amide bonds. The molecule has 0 aromatic rings. The third kappa shape index (κ3) is 16.8. The van der Waals surface area contributed by atoms with E-state index in [-0.39, 0.29) is 36.2 Å². The van der Waals surface area contributed by atoms with Crippen molar-refractivity contribution >= 4 is 10.1 Å². The molecule has 0 N–H and O–H groups in total. The molecular weight excluding hydrogens is 279 g/mol. The average Bonchev–Trinajstić information content (AvgIpc) is 2.30. The van der Waals surface area contributed by atoms with Gasteiger partial charge in [-0.15, -0.1) is 0 Å². The van der Waals surface area contributed by atoms with Crippen molar-refractivity contribution in [1.82, 2.24) is 0 Å². The Morgan fingerprint density at radius 3 is 2.26 bits per heavy atom. The summed E-state index contributed by atoms with van der Waals surface area (Å²) in [5.41, 5.74) is 0. The average molecular weight is 304 g/mol. The quantitative estimate of drug-likeness (QED) is 0.257. The zero-order chi connectivity index (χ0) is 13.9. The largest absolute Gasteiger partial charge is 1.00 e. The summed E-state index contributed by atoms with van der Waals surface area (Å²) in [5, 5.41) is 0. The molecule has 0 spiro atoms. The van der Waals surface area contributed by atoms with Crippen molar-refractivity contribution in [3.05, 3.63) is 0 Å². The minimum atomic E-state index is -4.16. The Morgan fingerprint density at radius 2 is 1.74 bits per heavy atom. The van der Waals surface area contributed by atoms with Crippen LogP contribution in [0.5, 0.6) is 0 Å². The second-order valence-electron chi connectivity index (χ2n) is 4.37. The Bertz CT molecular complexity index is 282. The van der Waals surface area contributed by atoms with Crippen molar-refractivity contribution < 1.29 is 52.0 Å². The van der Waals surface area contributed by atoms with Crippen LogP contribution in [0, 0.1) is 5.92 Å². The topological polar surface area (TPSA) is 75.7 Å². The number of rotatable bonds is 12. The molecule has 0 aliphatic carbocycles. The molecule has 0 saturated heterocycles. The molecule has 0 fully saturated rings. The molecular formula is C12H25NaO5S. The first-order valence-electron chi connectivity index (χ1n) is 6.58. The van der Waals surface area contributed by atoms with Crippen molar-refractivity contribution in [3.63, 3.8) is 0 Å². The molecule has 19 heavy (non-hydrogen) atoms. The molecule has 0 heterocycles. The van der Waals surface area contributed by atoms with Crippen LogP contribution in [-0.4, -0.2) is 45.2 Å². The number of ether oxygens (including phenoxy) is 2. The standard InChI is InChI=1S/C12H26O5S.Na/c1-3-5-6-12(4-2)11-17-8-7-16-9-10-18(13,14)15;/h12H,3-11H2,1-2H3,(H,13,14,15);/q;+1/p-1. The van der Waals surface area contributed by atoms with Gasteiger partial charge < -0.3 is 14.0 Å². The van der Waals surface area contributed by atoms with Crippen LogP contribution < -0.4 is 29.6 Å². The van der Waals surface area contributed by atoms with Crippen LogP contribution in [0.25, 0.3) is 0 Å². The molecule has 0 rings (SSSR count). The third-order valence-corrected chi connectivity index (χ3v) is 3.41. The van der Waals surface area contributed by atoms with Crippen molar-refractivity contribution in [2.75, 3.05) is 32.2 Å². The first-order chi connectivity index (χ1) is 8.49. The summed E-state index contributed by atoms with van der Waals surface area (Å²) in [5.74, 6) is 0.119. The minimum Gasteiger partial charge on any atom is -0.748 e. The summed E-state index contributed by atoms with van der Waals surface area (Å²) in [6.45, 7) is 5.77. The molecule has 0 radical (unpaired) electrons. The maximum absolute atomic E-state index is 10.3. The van der Waals surface area contributed by atoms with Gasteiger partial charge in [-0.05, 0) is 12.3 Å². The second-order valence-corrected chi connectivity index (χ2v) is 5.89. The van der Waals surface area contributed by atoms with Crippen LogP contribution in [0.3, 0.4) is 0 Å². The molecule has 0 aliphatic heterocycles. The first-order valence-corrected chi connectivity index (χ1v) is 8.16. The van der Waals surface area contributed by atoms with Gasteiger partial charge in [0.1, 0.15) is 0 Å². The molecule has 0 aromatic carbocycles. The van der Waals surface area contributed by atoms with E-state index in [1.165, 1.54) is 19.3 Å². The van der Waals surface area contributed by atoms with Crippen LogP contribution in [-0.2, 0) is 19.6 Å². The predicted molar refractivity (Wildman–Crippen MR) is 69.5 cm³/mol. The summed E-state index contributed by atoms with van der Waals surface area (Å²) < 4.78 is 41.3. The molecule has 1 unspecified atom stereocenters. The van der Waals surface area contributed by atoms with E-state index in [4.69, 9.17) is 9.47 Å². The van der Waals surface area contributed by atoms with E-state index in [0.29, 0.717) is 19.1 Å². The Morgan fingerprint density at radius 1 is 1.11 bits per heavy atom. The maximum atomic E-state index is 10.3. The van der Waals surface area contributed by atoms with Crippen molar-refractivity contribution in [1.29, 1.82) is 0 Å². The van der Waals surface area contributed by atoms with E-state index in [1.54, 1.807) is 0 Å². The third-order valence-electron chi connectivity index (χ3n) is 2.75. The Kier molecular flexibility index (Phi) is 16.1. The van der Waals surface area contributed by atoms with Gasteiger partial charge >= 0.3 is 29.6 Å². The monoisotopic (exact) mass is 304 g/mol. The van der Waals surface area contributed by atoms with Crippen LogP contribution in [0.1, 0.15) is 39.5 Å². The van der Waals surface area contributed by atoms with Gasteiger partial charge in [-0.2, -0.15) is 0 Å².